The van der Waals surface area contributed by atoms with Crippen molar-refractivity contribution in [1.29, 1.82) is 0 Å². The van der Waals surface area contributed by atoms with Gasteiger partial charge in [-0.3, -0.25) is 9.97 Å². The van der Waals surface area contributed by atoms with E-state index in [2.05, 4.69) is 32.1 Å². The Morgan fingerprint density at radius 2 is 0.942 bits per heavy atom. The van der Waals surface area contributed by atoms with Crippen LogP contribution in [0.5, 0.6) is 23.0 Å². The maximum Gasteiger partial charge on any atom is 0.373 e. The van der Waals surface area contributed by atoms with Crippen LogP contribution in [0.4, 0.5) is 0 Å². The van der Waals surface area contributed by atoms with Crippen molar-refractivity contribution in [3.05, 3.63) is 108 Å². The van der Waals surface area contributed by atoms with E-state index in [1.54, 1.807) is 12.4 Å². The van der Waals surface area contributed by atoms with Crippen LogP contribution in [-0.4, -0.2) is 47.3 Å². The molecule has 2 atom stereocenters. The van der Waals surface area contributed by atoms with E-state index in [0.29, 0.717) is 36.1 Å². The van der Waals surface area contributed by atoms with Gasteiger partial charge in [0.1, 0.15) is 36.2 Å². The monoisotopic (exact) mass is 704 g/mol. The van der Waals surface area contributed by atoms with Gasteiger partial charge in [-0.2, -0.15) is 19.2 Å². The summed E-state index contributed by atoms with van der Waals surface area (Å²) < 4.78 is 22.0. The molecule has 4 heterocycles. The van der Waals surface area contributed by atoms with Crippen molar-refractivity contribution < 1.29 is 47.8 Å². The van der Waals surface area contributed by atoms with Crippen LogP contribution in [0.2, 0.25) is 0 Å². The quantitative estimate of drug-likeness (QED) is 0.216. The number of oxime groups is 2. The van der Waals surface area contributed by atoms with Gasteiger partial charge < -0.3 is 28.6 Å². The Morgan fingerprint density at radius 3 is 1.25 bits per heavy atom. The van der Waals surface area contributed by atoms with Gasteiger partial charge in [0.15, 0.2) is 12.2 Å². The number of nitrogens with zero attached hydrogens (tertiary/aromatic N) is 4. The number of aromatic nitrogens is 2. The first kappa shape index (κ1) is 39.2. The Kier molecular flexibility index (Phi) is 16.3. The molecule has 52 heavy (non-hydrogen) atoms. The van der Waals surface area contributed by atoms with Crippen LogP contribution in [-0.2, 0) is 28.9 Å². The number of hydrogen-bond donors (Lipinski definition) is 0. The van der Waals surface area contributed by atoms with Crippen LogP contribution in [0.1, 0.15) is 47.6 Å². The molecule has 2 aliphatic rings. The second kappa shape index (κ2) is 21.7. The Balaban J connectivity index is 0.000000244. The molecule has 0 saturated carbocycles. The summed E-state index contributed by atoms with van der Waals surface area (Å²) >= 11 is 0. The summed E-state index contributed by atoms with van der Waals surface area (Å²) in [6, 6.07) is 22.7. The van der Waals surface area contributed by atoms with Crippen molar-refractivity contribution in [1.82, 2.24) is 9.97 Å². The van der Waals surface area contributed by atoms with Gasteiger partial charge in [0.25, 0.3) is 0 Å². The fourth-order valence-electron chi connectivity index (χ4n) is 4.30. The van der Waals surface area contributed by atoms with E-state index in [9.17, 15) is 0 Å². The van der Waals surface area contributed by atoms with E-state index in [1.165, 1.54) is 0 Å². The molecule has 0 N–H and O–H groups in total. The standard InChI is InChI=1S/2C18H16N2O3.2CO2/c2*1-3-10-21-15-8-5-14(6-9-15)17-11-18(20-23-17)22-16-7-4-13(2)19-12-16;2*2-1-3/h2*1,4-9,12,17H,10-11H2,2H3;;/t2*17-;;/m10../s1. The van der Waals surface area contributed by atoms with Crippen LogP contribution in [0.15, 0.2) is 95.5 Å². The average Bonchev–Trinajstić information content (AvgIpc) is 3.83. The average molecular weight is 705 g/mol. The molecule has 2 aromatic heterocycles. The molecule has 0 fully saturated rings. The molecule has 4 aromatic rings. The molecule has 0 aliphatic carbocycles. The smallest absolute Gasteiger partial charge is 0.373 e. The summed E-state index contributed by atoms with van der Waals surface area (Å²) in [7, 11) is 0. The minimum absolute atomic E-state index is 0.162. The number of pyridine rings is 2. The first-order valence-corrected chi connectivity index (χ1v) is 15.3. The van der Waals surface area contributed by atoms with Gasteiger partial charge in [-0.25, -0.2) is 0 Å². The summed E-state index contributed by atoms with van der Waals surface area (Å²) in [6.07, 6.45) is 15.0. The van der Waals surface area contributed by atoms with E-state index in [1.807, 2.05) is 86.6 Å². The summed E-state index contributed by atoms with van der Waals surface area (Å²) in [4.78, 5) is 51.7. The molecule has 0 bridgehead atoms. The van der Waals surface area contributed by atoms with Crippen molar-refractivity contribution in [3.8, 4) is 47.7 Å². The second-order valence-corrected chi connectivity index (χ2v) is 10.3. The largest absolute Gasteiger partial charge is 0.481 e. The minimum atomic E-state index is -0.162. The lowest BCUT2D eigenvalue weighted by Gasteiger charge is -2.09. The maximum atomic E-state index is 8.12. The zero-order valence-corrected chi connectivity index (χ0v) is 28.1. The van der Waals surface area contributed by atoms with Crippen molar-refractivity contribution in [2.75, 3.05) is 13.2 Å². The van der Waals surface area contributed by atoms with Crippen molar-refractivity contribution >= 4 is 24.1 Å². The number of benzene rings is 2. The maximum absolute atomic E-state index is 8.12. The van der Waals surface area contributed by atoms with Crippen LogP contribution < -0.4 is 18.9 Å². The number of aryl methyl sites for hydroxylation is 2. The number of rotatable bonds is 8. The molecule has 0 saturated heterocycles. The topological polar surface area (TPSA) is 174 Å². The van der Waals surface area contributed by atoms with Crippen LogP contribution in [0, 0.1) is 38.5 Å². The minimum Gasteiger partial charge on any atom is -0.481 e. The van der Waals surface area contributed by atoms with E-state index < -0.39 is 0 Å². The fraction of sp³-hybridized carbons (Fsp3) is 0.211. The van der Waals surface area contributed by atoms with E-state index in [0.717, 1.165) is 34.0 Å². The number of carbonyl (C=O) groups excluding carboxylic acids is 4. The van der Waals surface area contributed by atoms with E-state index in [4.69, 9.17) is 60.6 Å². The van der Waals surface area contributed by atoms with Gasteiger partial charge in [-0.05, 0) is 73.5 Å². The molecule has 0 amide bonds. The third kappa shape index (κ3) is 13.3. The van der Waals surface area contributed by atoms with Gasteiger partial charge in [-0.15, -0.1) is 12.8 Å². The molecule has 2 aliphatic heterocycles. The lowest BCUT2D eigenvalue weighted by atomic mass is 10.1. The number of terminal acetylenes is 2. The van der Waals surface area contributed by atoms with Gasteiger partial charge >= 0.3 is 12.3 Å². The Hall–Kier alpha value is -7.24. The van der Waals surface area contributed by atoms with Crippen molar-refractivity contribution in [3.63, 3.8) is 0 Å². The van der Waals surface area contributed by atoms with Gasteiger partial charge in [0, 0.05) is 11.4 Å². The summed E-state index contributed by atoms with van der Waals surface area (Å²) in [5.41, 5.74) is 3.88. The molecule has 264 valence electrons. The molecule has 0 radical (unpaired) electrons. The predicted octanol–water partition coefficient (Wildman–Crippen LogP) is 5.34. The zero-order chi connectivity index (χ0) is 37.6. The van der Waals surface area contributed by atoms with Gasteiger partial charge in [0.2, 0.25) is 11.8 Å². The Labute approximate surface area is 299 Å². The lowest BCUT2D eigenvalue weighted by molar-refractivity contribution is -0.193. The third-order valence-corrected chi connectivity index (χ3v) is 6.67. The van der Waals surface area contributed by atoms with Gasteiger partial charge in [0.05, 0.1) is 25.2 Å². The zero-order valence-electron chi connectivity index (χ0n) is 28.1. The lowest BCUT2D eigenvalue weighted by Crippen LogP contribution is -2.07. The van der Waals surface area contributed by atoms with Gasteiger partial charge in [-0.1, -0.05) is 46.4 Å². The van der Waals surface area contributed by atoms with Crippen LogP contribution in [0.25, 0.3) is 0 Å². The highest BCUT2D eigenvalue weighted by molar-refractivity contribution is 5.80. The first-order chi connectivity index (χ1) is 25.3. The normalized spacial score (nSPS) is 14.6. The molecule has 0 unspecified atom stereocenters. The highest BCUT2D eigenvalue weighted by Gasteiger charge is 2.25. The molecule has 0 spiro atoms. The number of ether oxygens (including phenoxy) is 4. The summed E-state index contributed by atoms with van der Waals surface area (Å²) in [6.45, 7) is 4.36. The predicted molar refractivity (Wildman–Crippen MR) is 183 cm³/mol. The van der Waals surface area contributed by atoms with Crippen molar-refractivity contribution in [2.24, 2.45) is 10.3 Å². The Bertz CT molecular complexity index is 1780. The molecular formula is C38H32N4O10. The summed E-state index contributed by atoms with van der Waals surface area (Å²) in [5, 5.41) is 7.98. The molecule has 14 nitrogen and oxygen atoms in total. The molecular weight excluding hydrogens is 672 g/mol. The van der Waals surface area contributed by atoms with E-state index in [-0.39, 0.29) is 37.7 Å². The van der Waals surface area contributed by atoms with Crippen LogP contribution >= 0.6 is 0 Å². The second-order valence-electron chi connectivity index (χ2n) is 10.3. The van der Waals surface area contributed by atoms with Crippen molar-refractivity contribution in [2.45, 2.75) is 38.9 Å². The molecule has 6 rings (SSSR count). The Morgan fingerprint density at radius 1 is 0.596 bits per heavy atom. The highest BCUT2D eigenvalue weighted by atomic mass is 16.7. The van der Waals surface area contributed by atoms with E-state index >= 15 is 0 Å². The SMILES string of the molecule is C#CCOc1ccc([C@@H]2CC(Oc3ccc(C)nc3)=NO2)cc1.C#CCOc1ccc([C@H]2CC(Oc3ccc(C)nc3)=NO2)cc1.O=C=O.O=C=O. The third-order valence-electron chi connectivity index (χ3n) is 6.67. The number of hydrogen-bond acceptors (Lipinski definition) is 14. The summed E-state index contributed by atoms with van der Waals surface area (Å²) in [5.74, 6) is 8.69. The fourth-order valence-corrected chi connectivity index (χ4v) is 4.30. The highest BCUT2D eigenvalue weighted by Crippen LogP contribution is 2.30. The molecule has 14 heteroatoms. The molecule has 2 aromatic carbocycles. The van der Waals surface area contributed by atoms with Crippen LogP contribution in [0.3, 0.4) is 0 Å². The first-order valence-electron chi connectivity index (χ1n) is 15.3.